The van der Waals surface area contributed by atoms with Crippen molar-refractivity contribution in [2.24, 2.45) is 5.10 Å². The maximum atomic E-state index is 13.0. The number of fused-ring (bicyclic) bond motifs is 1. The van der Waals surface area contributed by atoms with Crippen molar-refractivity contribution in [3.63, 3.8) is 0 Å². The molecule has 6 heteroatoms. The molecule has 0 amide bonds. The summed E-state index contributed by atoms with van der Waals surface area (Å²) in [5, 5.41) is 15.0. The summed E-state index contributed by atoms with van der Waals surface area (Å²) in [5.74, 6) is 1.08. The van der Waals surface area contributed by atoms with Gasteiger partial charge in [0, 0.05) is 18.6 Å². The highest BCUT2D eigenvalue weighted by Crippen LogP contribution is 2.16. The predicted octanol–water partition coefficient (Wildman–Crippen LogP) is 3.50. The van der Waals surface area contributed by atoms with Crippen molar-refractivity contribution in [2.45, 2.75) is 6.42 Å². The summed E-state index contributed by atoms with van der Waals surface area (Å²) >= 11 is 1.62. The number of allylic oxidation sites excluding steroid dienone is 1. The molecule has 0 atom stereocenters. The van der Waals surface area contributed by atoms with Gasteiger partial charge in [-0.2, -0.15) is 9.78 Å². The van der Waals surface area contributed by atoms with Gasteiger partial charge in [-0.15, -0.1) is 27.3 Å². The van der Waals surface area contributed by atoms with Gasteiger partial charge < -0.3 is 0 Å². The zero-order chi connectivity index (χ0) is 15.6. The van der Waals surface area contributed by atoms with Crippen LogP contribution in [0.4, 0.5) is 4.39 Å². The number of halogens is 1. The Hall–Kier alpha value is -2.82. The van der Waals surface area contributed by atoms with Crippen LogP contribution in [0.2, 0.25) is 0 Å². The number of thiophene rings is 1. The lowest BCUT2D eigenvalue weighted by Crippen LogP contribution is -2.04. The van der Waals surface area contributed by atoms with Gasteiger partial charge in [0.1, 0.15) is 11.5 Å². The van der Waals surface area contributed by atoms with E-state index in [1.54, 1.807) is 34.2 Å². The number of aromatic nitrogens is 3. The minimum atomic E-state index is -0.251. The third-order valence-corrected chi connectivity index (χ3v) is 4.31. The van der Waals surface area contributed by atoms with Crippen LogP contribution in [0, 0.1) is 5.82 Å². The summed E-state index contributed by atoms with van der Waals surface area (Å²) in [4.78, 5) is 1.06. The van der Waals surface area contributed by atoms with Crippen molar-refractivity contribution < 1.29 is 4.39 Å². The largest absolute Gasteiger partial charge is 0.207 e. The van der Waals surface area contributed by atoms with E-state index < -0.39 is 0 Å². The van der Waals surface area contributed by atoms with E-state index in [2.05, 4.69) is 21.0 Å². The topological polar surface area (TPSA) is 43.1 Å². The van der Waals surface area contributed by atoms with Crippen molar-refractivity contribution in [2.75, 3.05) is 0 Å². The molecule has 0 unspecified atom stereocenters. The molecule has 4 rings (SSSR count). The second-order valence-corrected chi connectivity index (χ2v) is 5.96. The first-order chi connectivity index (χ1) is 11.3. The van der Waals surface area contributed by atoms with E-state index in [0.717, 1.165) is 16.2 Å². The lowest BCUT2D eigenvalue weighted by molar-refractivity contribution is 0.627. The Balaban J connectivity index is 1.73. The fourth-order valence-corrected chi connectivity index (χ4v) is 2.98. The Morgan fingerprint density at radius 3 is 2.74 bits per heavy atom. The molecule has 0 N–H and O–H groups in total. The van der Waals surface area contributed by atoms with E-state index in [1.807, 2.05) is 23.6 Å². The maximum Gasteiger partial charge on any atom is 0.185 e. The van der Waals surface area contributed by atoms with Gasteiger partial charge in [0.05, 0.1) is 4.88 Å². The van der Waals surface area contributed by atoms with Crippen molar-refractivity contribution in [3.05, 3.63) is 81.5 Å². The van der Waals surface area contributed by atoms with E-state index in [4.69, 9.17) is 0 Å². The van der Waals surface area contributed by atoms with E-state index in [9.17, 15) is 4.39 Å². The minimum absolute atomic E-state index is 0.251. The monoisotopic (exact) mass is 322 g/mol. The van der Waals surface area contributed by atoms with Crippen molar-refractivity contribution >= 4 is 23.1 Å². The molecule has 3 heterocycles. The van der Waals surface area contributed by atoms with E-state index in [-0.39, 0.29) is 5.82 Å². The Bertz CT molecular complexity index is 930. The summed E-state index contributed by atoms with van der Waals surface area (Å²) in [6.07, 6.45) is 4.12. The van der Waals surface area contributed by atoms with E-state index in [1.165, 1.54) is 12.1 Å². The van der Waals surface area contributed by atoms with Gasteiger partial charge in [0.2, 0.25) is 0 Å². The Morgan fingerprint density at radius 1 is 1.09 bits per heavy atom. The molecule has 2 aromatic heterocycles. The lowest BCUT2D eigenvalue weighted by Gasteiger charge is -2.04. The summed E-state index contributed by atoms with van der Waals surface area (Å²) in [5.41, 5.74) is 4.85. The van der Waals surface area contributed by atoms with Gasteiger partial charge in [-0.3, -0.25) is 0 Å². The van der Waals surface area contributed by atoms with Crippen LogP contribution < -0.4 is 0 Å². The van der Waals surface area contributed by atoms with E-state index >= 15 is 0 Å². The minimum Gasteiger partial charge on any atom is -0.207 e. The lowest BCUT2D eigenvalue weighted by atomic mass is 10.1. The second kappa shape index (κ2) is 5.76. The van der Waals surface area contributed by atoms with Crippen LogP contribution >= 0.6 is 11.3 Å². The zero-order valence-electron chi connectivity index (χ0n) is 12.0. The molecule has 0 spiro atoms. The van der Waals surface area contributed by atoms with Gasteiger partial charge in [0.25, 0.3) is 0 Å². The first-order valence-electron chi connectivity index (χ1n) is 7.04. The summed E-state index contributed by atoms with van der Waals surface area (Å²) in [7, 11) is 0. The van der Waals surface area contributed by atoms with Crippen LogP contribution in [0.25, 0.3) is 6.08 Å². The fourth-order valence-electron chi connectivity index (χ4n) is 2.30. The average Bonchev–Trinajstić information content (AvgIpc) is 3.16. The number of hydrogen-bond donors (Lipinski definition) is 0. The molecule has 1 aliphatic heterocycles. The highest BCUT2D eigenvalue weighted by molar-refractivity contribution is 7.12. The van der Waals surface area contributed by atoms with Crippen molar-refractivity contribution in [1.29, 1.82) is 0 Å². The predicted molar refractivity (Wildman–Crippen MR) is 88.0 cm³/mol. The number of benzene rings is 1. The van der Waals surface area contributed by atoms with Crippen LogP contribution in [-0.4, -0.2) is 20.6 Å². The van der Waals surface area contributed by atoms with Crippen LogP contribution in [-0.2, 0) is 6.42 Å². The summed E-state index contributed by atoms with van der Waals surface area (Å²) in [6.45, 7) is 0. The Kier molecular flexibility index (Phi) is 3.46. The fraction of sp³-hybridized carbons (Fsp3) is 0.0588. The van der Waals surface area contributed by atoms with Gasteiger partial charge in [-0.25, -0.2) is 4.39 Å². The molecule has 0 aliphatic carbocycles. The Morgan fingerprint density at radius 2 is 1.96 bits per heavy atom. The molecule has 1 aliphatic rings. The average molecular weight is 322 g/mol. The second-order valence-electron chi connectivity index (χ2n) is 5.01. The molecular weight excluding hydrogens is 311 g/mol. The van der Waals surface area contributed by atoms with Crippen molar-refractivity contribution in [3.8, 4) is 0 Å². The molecule has 0 saturated carbocycles. The third-order valence-electron chi connectivity index (χ3n) is 3.42. The zero-order valence-corrected chi connectivity index (χ0v) is 12.8. The van der Waals surface area contributed by atoms with Gasteiger partial charge in [0.15, 0.2) is 11.6 Å². The summed E-state index contributed by atoms with van der Waals surface area (Å²) < 4.78 is 14.7. The molecule has 3 aromatic rings. The van der Waals surface area contributed by atoms with Crippen LogP contribution in [0.1, 0.15) is 22.1 Å². The molecule has 112 valence electrons. The molecule has 0 radical (unpaired) electrons. The quantitative estimate of drug-likeness (QED) is 0.693. The summed E-state index contributed by atoms with van der Waals surface area (Å²) in [6, 6.07) is 10.4. The van der Waals surface area contributed by atoms with Crippen molar-refractivity contribution in [1.82, 2.24) is 14.9 Å². The molecule has 23 heavy (non-hydrogen) atoms. The number of rotatable bonds is 3. The van der Waals surface area contributed by atoms with Crippen LogP contribution in [0.15, 0.2) is 58.7 Å². The number of hydrogen-bond acceptors (Lipinski definition) is 4. The maximum absolute atomic E-state index is 13.0. The standard InChI is InChI=1S/C17H11FN4S/c18-13-8-6-12(7-9-13)11-17-20-19-16-5-1-3-14(21-22(16)17)15-4-2-10-23-15/h2-10H,11H2. The third kappa shape index (κ3) is 2.77. The molecule has 4 nitrogen and oxygen atoms in total. The first kappa shape index (κ1) is 13.8. The smallest absolute Gasteiger partial charge is 0.185 e. The molecule has 0 fully saturated rings. The molecular formula is C17H11FN4S. The van der Waals surface area contributed by atoms with Crippen LogP contribution in [0.3, 0.4) is 0 Å². The normalized spacial score (nSPS) is 12.8. The van der Waals surface area contributed by atoms with Crippen LogP contribution in [0.5, 0.6) is 0 Å². The molecule has 1 aromatic carbocycles. The molecule has 0 saturated heterocycles. The SMILES string of the molecule is Fc1ccc(Cc2nnc3n2N=C(c2cccs2)C=C=C3)cc1. The Labute approximate surface area is 135 Å². The highest BCUT2D eigenvalue weighted by atomic mass is 32.1. The first-order valence-corrected chi connectivity index (χ1v) is 7.92. The van der Waals surface area contributed by atoms with Gasteiger partial charge >= 0.3 is 0 Å². The van der Waals surface area contributed by atoms with Gasteiger partial charge in [-0.1, -0.05) is 18.2 Å². The van der Waals surface area contributed by atoms with Gasteiger partial charge in [-0.05, 0) is 29.1 Å². The molecule has 0 bridgehead atoms. The van der Waals surface area contributed by atoms with E-state index in [0.29, 0.717) is 18.1 Å². The highest BCUT2D eigenvalue weighted by Gasteiger charge is 2.13. The number of nitrogens with zero attached hydrogens (tertiary/aromatic N) is 4.